The van der Waals surface area contributed by atoms with E-state index in [1.165, 1.54) is 23.8 Å². The normalized spacial score (nSPS) is 24.8. The topological polar surface area (TPSA) is 33.1 Å². The second-order valence-corrected chi connectivity index (χ2v) is 6.36. The highest BCUT2D eigenvalue weighted by atomic mass is 16.3. The number of rotatable bonds is 2. The van der Waals surface area contributed by atoms with E-state index in [9.17, 15) is 5.11 Å². The molecular weight excluding hydrogens is 246 g/mol. The molecule has 1 aromatic heterocycles. The number of aryl methyl sites for hydroxylation is 1. The van der Waals surface area contributed by atoms with Crippen LogP contribution in [0.1, 0.15) is 50.0 Å². The van der Waals surface area contributed by atoms with Gasteiger partial charge in [0.1, 0.15) is 0 Å². The average molecular weight is 269 g/mol. The van der Waals surface area contributed by atoms with Crippen LogP contribution in [-0.2, 0) is 0 Å². The van der Waals surface area contributed by atoms with Crippen LogP contribution in [0.3, 0.4) is 0 Å². The molecule has 1 fully saturated rings. The second-order valence-electron chi connectivity index (χ2n) is 6.36. The molecule has 0 spiro atoms. The summed E-state index contributed by atoms with van der Waals surface area (Å²) >= 11 is 0. The Bertz CT molecular complexity index is 607. The Labute approximate surface area is 120 Å². The first-order valence-corrected chi connectivity index (χ1v) is 7.69. The maximum absolute atomic E-state index is 10.7. The highest BCUT2D eigenvalue weighted by Crippen LogP contribution is 2.37. The lowest BCUT2D eigenvalue weighted by molar-refractivity contribution is 0.0682. The van der Waals surface area contributed by atoms with Gasteiger partial charge < -0.3 is 5.11 Å². The third kappa shape index (κ3) is 2.57. The van der Waals surface area contributed by atoms with Crippen molar-refractivity contribution in [3.8, 4) is 0 Å². The van der Waals surface area contributed by atoms with Gasteiger partial charge in [-0.15, -0.1) is 0 Å². The molecule has 0 saturated heterocycles. The molecule has 2 nitrogen and oxygen atoms in total. The number of aliphatic hydroxyl groups excluding tert-OH is 1. The van der Waals surface area contributed by atoms with E-state index >= 15 is 0 Å². The molecule has 3 rings (SSSR count). The van der Waals surface area contributed by atoms with Crippen molar-refractivity contribution in [1.29, 1.82) is 0 Å². The number of aliphatic hydroxyl groups is 1. The van der Waals surface area contributed by atoms with E-state index in [-0.39, 0.29) is 0 Å². The maximum Gasteiger partial charge on any atom is 0.0988 e. The monoisotopic (exact) mass is 269 g/mol. The fraction of sp³-hybridized carbons (Fsp3) is 0.500. The van der Waals surface area contributed by atoms with E-state index in [0.717, 1.165) is 30.0 Å². The van der Waals surface area contributed by atoms with Crippen molar-refractivity contribution >= 4 is 10.9 Å². The van der Waals surface area contributed by atoms with E-state index in [0.29, 0.717) is 5.92 Å². The van der Waals surface area contributed by atoms with Gasteiger partial charge in [-0.1, -0.05) is 38.0 Å². The van der Waals surface area contributed by atoms with Crippen LogP contribution < -0.4 is 0 Å². The molecular formula is C18H23NO. The van der Waals surface area contributed by atoms with Gasteiger partial charge in [0.05, 0.1) is 17.3 Å². The van der Waals surface area contributed by atoms with Gasteiger partial charge >= 0.3 is 0 Å². The summed E-state index contributed by atoms with van der Waals surface area (Å²) in [6.07, 6.45) is 4.36. The SMILES string of the molecule is Cc1cc(C(O)C2CCCC(C)C2)nc2ccccc12. The van der Waals surface area contributed by atoms with E-state index in [4.69, 9.17) is 0 Å². The highest BCUT2D eigenvalue weighted by molar-refractivity contribution is 5.82. The van der Waals surface area contributed by atoms with Gasteiger partial charge in [0.2, 0.25) is 0 Å². The molecule has 2 heteroatoms. The van der Waals surface area contributed by atoms with Crippen LogP contribution in [0.5, 0.6) is 0 Å². The molecule has 1 aliphatic rings. The number of hydrogen-bond donors (Lipinski definition) is 1. The molecule has 0 bridgehead atoms. The van der Waals surface area contributed by atoms with Crippen LogP contribution in [0.15, 0.2) is 30.3 Å². The van der Waals surface area contributed by atoms with Crippen LogP contribution in [-0.4, -0.2) is 10.1 Å². The van der Waals surface area contributed by atoms with Crippen molar-refractivity contribution in [3.05, 3.63) is 41.6 Å². The predicted octanol–water partition coefficient (Wildman–Crippen LogP) is 4.40. The molecule has 0 aliphatic heterocycles. The summed E-state index contributed by atoms with van der Waals surface area (Å²) in [6.45, 7) is 4.39. The van der Waals surface area contributed by atoms with Crippen molar-refractivity contribution < 1.29 is 5.11 Å². The Kier molecular flexibility index (Phi) is 3.75. The van der Waals surface area contributed by atoms with Gasteiger partial charge in [0.15, 0.2) is 0 Å². The lowest BCUT2D eigenvalue weighted by Crippen LogP contribution is -2.21. The molecule has 1 aliphatic carbocycles. The zero-order chi connectivity index (χ0) is 14.1. The van der Waals surface area contributed by atoms with Gasteiger partial charge in [-0.3, -0.25) is 4.98 Å². The van der Waals surface area contributed by atoms with Crippen molar-refractivity contribution in [2.24, 2.45) is 11.8 Å². The largest absolute Gasteiger partial charge is 0.387 e. The summed E-state index contributed by atoms with van der Waals surface area (Å²) in [4.78, 5) is 4.69. The smallest absolute Gasteiger partial charge is 0.0988 e. The Morgan fingerprint density at radius 1 is 1.25 bits per heavy atom. The molecule has 20 heavy (non-hydrogen) atoms. The predicted molar refractivity (Wildman–Crippen MR) is 82.6 cm³/mol. The third-order valence-electron chi connectivity index (χ3n) is 4.67. The van der Waals surface area contributed by atoms with Crippen LogP contribution in [0.4, 0.5) is 0 Å². The second kappa shape index (κ2) is 5.53. The van der Waals surface area contributed by atoms with E-state index in [1.54, 1.807) is 0 Å². The van der Waals surface area contributed by atoms with Crippen molar-refractivity contribution in [3.63, 3.8) is 0 Å². The Balaban J connectivity index is 1.93. The molecule has 1 heterocycles. The summed E-state index contributed by atoms with van der Waals surface area (Å²) < 4.78 is 0. The number of benzene rings is 1. The molecule has 3 unspecified atom stereocenters. The maximum atomic E-state index is 10.7. The highest BCUT2D eigenvalue weighted by Gasteiger charge is 2.27. The lowest BCUT2D eigenvalue weighted by atomic mass is 9.78. The Hall–Kier alpha value is -1.41. The van der Waals surface area contributed by atoms with Crippen LogP contribution in [0.25, 0.3) is 10.9 Å². The van der Waals surface area contributed by atoms with Gasteiger partial charge in [-0.2, -0.15) is 0 Å². The fourth-order valence-corrected chi connectivity index (χ4v) is 3.54. The van der Waals surface area contributed by atoms with E-state index in [2.05, 4.69) is 31.0 Å². The lowest BCUT2D eigenvalue weighted by Gasteiger charge is -2.30. The summed E-state index contributed by atoms with van der Waals surface area (Å²) in [5.74, 6) is 1.09. The van der Waals surface area contributed by atoms with Gasteiger partial charge in [0, 0.05) is 5.39 Å². The Morgan fingerprint density at radius 3 is 2.85 bits per heavy atom. The Morgan fingerprint density at radius 2 is 2.05 bits per heavy atom. The number of nitrogens with zero attached hydrogens (tertiary/aromatic N) is 1. The minimum atomic E-state index is -0.416. The van der Waals surface area contributed by atoms with Crippen molar-refractivity contribution in [2.75, 3.05) is 0 Å². The minimum absolute atomic E-state index is 0.367. The first-order valence-electron chi connectivity index (χ1n) is 7.69. The molecule has 3 atom stereocenters. The van der Waals surface area contributed by atoms with E-state index in [1.807, 2.05) is 18.2 Å². The fourth-order valence-electron chi connectivity index (χ4n) is 3.54. The molecule has 1 N–H and O–H groups in total. The zero-order valence-corrected chi connectivity index (χ0v) is 12.3. The zero-order valence-electron chi connectivity index (χ0n) is 12.3. The van der Waals surface area contributed by atoms with Gasteiger partial charge in [-0.25, -0.2) is 0 Å². The van der Waals surface area contributed by atoms with Crippen LogP contribution in [0.2, 0.25) is 0 Å². The van der Waals surface area contributed by atoms with Crippen LogP contribution >= 0.6 is 0 Å². The summed E-state index contributed by atoms with van der Waals surface area (Å²) in [5, 5.41) is 11.9. The number of aromatic nitrogens is 1. The molecule has 1 aromatic carbocycles. The van der Waals surface area contributed by atoms with Crippen molar-refractivity contribution in [2.45, 2.75) is 45.6 Å². The first kappa shape index (κ1) is 13.6. The standard InChI is InChI=1S/C18H23NO/c1-12-6-5-7-14(10-12)18(20)17-11-13(2)15-8-3-4-9-16(15)19-17/h3-4,8-9,11-12,14,18,20H,5-7,10H2,1-2H3. The van der Waals surface area contributed by atoms with E-state index < -0.39 is 6.10 Å². The molecule has 1 saturated carbocycles. The van der Waals surface area contributed by atoms with Crippen LogP contribution in [0, 0.1) is 18.8 Å². The van der Waals surface area contributed by atoms with Gasteiger partial charge in [-0.05, 0) is 49.3 Å². The molecule has 0 radical (unpaired) electrons. The molecule has 106 valence electrons. The summed E-state index contributed by atoms with van der Waals surface area (Å²) in [6, 6.07) is 10.2. The number of para-hydroxylation sites is 1. The minimum Gasteiger partial charge on any atom is -0.387 e. The van der Waals surface area contributed by atoms with Gasteiger partial charge in [0.25, 0.3) is 0 Å². The number of fused-ring (bicyclic) bond motifs is 1. The van der Waals surface area contributed by atoms with Crippen molar-refractivity contribution in [1.82, 2.24) is 4.98 Å². The first-order chi connectivity index (χ1) is 9.65. The molecule has 2 aromatic rings. The summed E-state index contributed by atoms with van der Waals surface area (Å²) in [7, 11) is 0. The number of pyridine rings is 1. The molecule has 0 amide bonds. The summed E-state index contributed by atoms with van der Waals surface area (Å²) in [5.41, 5.74) is 3.04. The quantitative estimate of drug-likeness (QED) is 0.876. The third-order valence-corrected chi connectivity index (χ3v) is 4.67. The average Bonchev–Trinajstić information content (AvgIpc) is 2.46. The number of hydrogen-bond acceptors (Lipinski definition) is 2.